The van der Waals surface area contributed by atoms with E-state index in [1.165, 1.54) is 24.0 Å². The van der Waals surface area contributed by atoms with Crippen molar-refractivity contribution in [2.75, 3.05) is 0 Å². The van der Waals surface area contributed by atoms with Crippen LogP contribution in [0.4, 0.5) is 0 Å². The molecular weight excluding hydrogens is 456 g/mol. The minimum absolute atomic E-state index is 0.0137. The quantitative estimate of drug-likeness (QED) is 0.382. The van der Waals surface area contributed by atoms with Crippen molar-refractivity contribution in [3.05, 3.63) is 108 Å². The number of ether oxygens (including phenoxy) is 1. The van der Waals surface area contributed by atoms with Gasteiger partial charge in [0.1, 0.15) is 0 Å². The van der Waals surface area contributed by atoms with Crippen LogP contribution in [0.25, 0.3) is 0 Å². The number of rotatable bonds is 5. The molecule has 0 amide bonds. The highest BCUT2D eigenvalue weighted by atomic mass is 16.7. The second-order valence-electron chi connectivity index (χ2n) is 11.7. The molecule has 2 aliphatic heterocycles. The summed E-state index contributed by atoms with van der Waals surface area (Å²) in [5, 5.41) is 4.74. The van der Waals surface area contributed by atoms with Gasteiger partial charge in [-0.3, -0.25) is 4.90 Å². The molecule has 2 fully saturated rings. The van der Waals surface area contributed by atoms with Crippen LogP contribution in [-0.4, -0.2) is 34.6 Å². The van der Waals surface area contributed by atoms with E-state index < -0.39 is 0 Å². The summed E-state index contributed by atoms with van der Waals surface area (Å²) in [4.78, 5) is 8.99. The van der Waals surface area contributed by atoms with Crippen molar-refractivity contribution in [2.45, 2.75) is 76.5 Å². The zero-order valence-corrected chi connectivity index (χ0v) is 22.2. The van der Waals surface area contributed by atoms with Gasteiger partial charge in [-0.15, -0.1) is 0 Å². The molecule has 3 aromatic carbocycles. The molecule has 3 aliphatic rings. The number of benzene rings is 3. The average molecular weight is 495 g/mol. The Hall–Kier alpha value is -2.95. The SMILES string of the molecule is C[C@@H]1CC[C@@H]2[C@@H](C1)O[C@@H]([C@H]1ON=C(c3ccccc3)[C@@H]1c1ccccc1)N(Cc1ccccc1)C2(C)C. The third-order valence-electron chi connectivity index (χ3n) is 8.92. The first-order valence-electron chi connectivity index (χ1n) is 13.8. The Labute approximate surface area is 221 Å². The molecular formula is C33H38N2O2. The molecule has 0 radical (unpaired) electrons. The van der Waals surface area contributed by atoms with Gasteiger partial charge < -0.3 is 9.57 Å². The Kier molecular flexibility index (Phi) is 6.64. The maximum atomic E-state index is 7.13. The third-order valence-corrected chi connectivity index (χ3v) is 8.92. The van der Waals surface area contributed by atoms with Crippen LogP contribution < -0.4 is 0 Å². The Morgan fingerprint density at radius 2 is 1.51 bits per heavy atom. The molecule has 6 atom stereocenters. The molecule has 37 heavy (non-hydrogen) atoms. The molecule has 3 aromatic rings. The first-order chi connectivity index (χ1) is 18.0. The van der Waals surface area contributed by atoms with Crippen LogP contribution in [0.3, 0.4) is 0 Å². The molecule has 2 heterocycles. The Morgan fingerprint density at radius 1 is 0.865 bits per heavy atom. The van der Waals surface area contributed by atoms with Crippen molar-refractivity contribution in [3.8, 4) is 0 Å². The fourth-order valence-corrected chi connectivity index (χ4v) is 6.87. The van der Waals surface area contributed by atoms with Crippen molar-refractivity contribution in [1.82, 2.24) is 4.90 Å². The first kappa shape index (κ1) is 24.4. The molecule has 6 rings (SSSR count). The van der Waals surface area contributed by atoms with Crippen molar-refractivity contribution in [1.29, 1.82) is 0 Å². The fourth-order valence-electron chi connectivity index (χ4n) is 6.87. The molecule has 1 saturated heterocycles. The summed E-state index contributed by atoms with van der Waals surface area (Å²) < 4.78 is 7.13. The van der Waals surface area contributed by atoms with Crippen LogP contribution >= 0.6 is 0 Å². The van der Waals surface area contributed by atoms with Gasteiger partial charge in [0, 0.05) is 23.6 Å². The summed E-state index contributed by atoms with van der Waals surface area (Å²) in [5.74, 6) is 1.17. The molecule has 4 nitrogen and oxygen atoms in total. The maximum Gasteiger partial charge on any atom is 0.179 e. The average Bonchev–Trinajstić information content (AvgIpc) is 3.37. The molecule has 1 saturated carbocycles. The number of fused-ring (bicyclic) bond motifs is 1. The van der Waals surface area contributed by atoms with Crippen molar-refractivity contribution >= 4 is 5.71 Å². The molecule has 192 valence electrons. The zero-order chi connectivity index (χ0) is 25.4. The molecule has 0 aromatic heterocycles. The Balaban J connectivity index is 1.41. The molecule has 0 unspecified atom stereocenters. The minimum atomic E-state index is -0.237. The van der Waals surface area contributed by atoms with E-state index in [1.807, 2.05) is 6.07 Å². The van der Waals surface area contributed by atoms with E-state index in [0.717, 1.165) is 24.2 Å². The van der Waals surface area contributed by atoms with Gasteiger partial charge >= 0.3 is 0 Å². The lowest BCUT2D eigenvalue weighted by Gasteiger charge is -2.58. The van der Waals surface area contributed by atoms with Gasteiger partial charge in [0.15, 0.2) is 12.3 Å². The topological polar surface area (TPSA) is 34.1 Å². The highest BCUT2D eigenvalue weighted by molar-refractivity contribution is 6.06. The number of hydrogen-bond donors (Lipinski definition) is 0. The summed E-state index contributed by atoms with van der Waals surface area (Å²) in [7, 11) is 0. The highest BCUT2D eigenvalue weighted by Gasteiger charge is 2.55. The standard InChI is InChI=1S/C33H38N2O2/c1-23-19-20-27-28(21-23)36-32(35(33(27,2)3)22-24-13-7-4-8-14-24)31-29(25-15-9-5-10-16-25)30(34-37-31)26-17-11-6-12-18-26/h4-18,23,27-29,31-32H,19-22H2,1-3H3/t23-,27-,28-,29+,31+,32+/m1/s1. The van der Waals surface area contributed by atoms with Crippen LogP contribution in [0, 0.1) is 11.8 Å². The minimum Gasteiger partial charge on any atom is -0.387 e. The molecule has 0 N–H and O–H groups in total. The molecule has 4 heteroatoms. The normalized spacial score (nSPS) is 31.3. The Bertz CT molecular complexity index is 1210. The third kappa shape index (κ3) is 4.62. The van der Waals surface area contributed by atoms with E-state index in [0.29, 0.717) is 11.8 Å². The van der Waals surface area contributed by atoms with Gasteiger partial charge in [-0.1, -0.05) is 109 Å². The van der Waals surface area contributed by atoms with E-state index in [9.17, 15) is 0 Å². The first-order valence-corrected chi connectivity index (χ1v) is 13.8. The monoisotopic (exact) mass is 494 g/mol. The molecule has 1 aliphatic carbocycles. The van der Waals surface area contributed by atoms with Gasteiger partial charge in [0.2, 0.25) is 0 Å². The number of nitrogens with zero attached hydrogens (tertiary/aromatic N) is 2. The molecule has 0 spiro atoms. The van der Waals surface area contributed by atoms with Crippen LogP contribution in [0.2, 0.25) is 0 Å². The number of oxime groups is 1. The van der Waals surface area contributed by atoms with E-state index in [1.54, 1.807) is 0 Å². The maximum absolute atomic E-state index is 7.13. The molecule has 0 bridgehead atoms. The van der Waals surface area contributed by atoms with Crippen molar-refractivity contribution < 1.29 is 9.57 Å². The van der Waals surface area contributed by atoms with Gasteiger partial charge in [-0.05, 0) is 43.7 Å². The second kappa shape index (κ2) is 10.1. The lowest BCUT2D eigenvalue weighted by molar-refractivity contribution is -0.268. The summed E-state index contributed by atoms with van der Waals surface area (Å²) in [6.45, 7) is 8.03. The zero-order valence-electron chi connectivity index (χ0n) is 22.2. The summed E-state index contributed by atoms with van der Waals surface area (Å²) in [6.07, 6.45) is 3.37. The van der Waals surface area contributed by atoms with Gasteiger partial charge in [-0.2, -0.15) is 0 Å². The second-order valence-corrected chi connectivity index (χ2v) is 11.7. The smallest absolute Gasteiger partial charge is 0.179 e. The summed E-state index contributed by atoms with van der Waals surface area (Å²) in [5.41, 5.74) is 4.56. The summed E-state index contributed by atoms with van der Waals surface area (Å²) in [6, 6.07) is 31.9. The number of hydrogen-bond acceptors (Lipinski definition) is 4. The van der Waals surface area contributed by atoms with Crippen molar-refractivity contribution in [3.63, 3.8) is 0 Å². The van der Waals surface area contributed by atoms with E-state index in [-0.39, 0.29) is 29.9 Å². The predicted octanol–water partition coefficient (Wildman–Crippen LogP) is 7.02. The summed E-state index contributed by atoms with van der Waals surface area (Å²) >= 11 is 0. The van der Waals surface area contributed by atoms with Crippen LogP contribution in [-0.2, 0) is 16.1 Å². The van der Waals surface area contributed by atoms with Crippen molar-refractivity contribution in [2.24, 2.45) is 17.0 Å². The van der Waals surface area contributed by atoms with E-state index >= 15 is 0 Å². The van der Waals surface area contributed by atoms with Gasteiger partial charge in [-0.25, -0.2) is 0 Å². The lowest BCUT2D eigenvalue weighted by Crippen LogP contribution is -2.67. The largest absolute Gasteiger partial charge is 0.387 e. The van der Waals surface area contributed by atoms with Gasteiger partial charge in [0.25, 0.3) is 0 Å². The van der Waals surface area contributed by atoms with Gasteiger partial charge in [0.05, 0.1) is 17.7 Å². The van der Waals surface area contributed by atoms with E-state index in [4.69, 9.17) is 14.7 Å². The predicted molar refractivity (Wildman–Crippen MR) is 148 cm³/mol. The van der Waals surface area contributed by atoms with E-state index in [2.05, 4.69) is 111 Å². The highest BCUT2D eigenvalue weighted by Crippen LogP contribution is 2.48. The fraction of sp³-hybridized carbons (Fsp3) is 0.424. The van der Waals surface area contributed by atoms with Crippen LogP contribution in [0.15, 0.2) is 96.2 Å². The Morgan fingerprint density at radius 3 is 2.22 bits per heavy atom. The lowest BCUT2D eigenvalue weighted by atomic mass is 9.69. The van der Waals surface area contributed by atoms with Crippen LogP contribution in [0.5, 0.6) is 0 Å². The van der Waals surface area contributed by atoms with Crippen LogP contribution in [0.1, 0.15) is 62.6 Å².